The molecule has 1 N–H and O–H groups in total. The summed E-state index contributed by atoms with van der Waals surface area (Å²) >= 11 is 0. The molecule has 0 aromatic carbocycles. The van der Waals surface area contributed by atoms with Crippen LogP contribution in [0.5, 0.6) is 0 Å². The molecule has 2 aliphatic rings. The van der Waals surface area contributed by atoms with Gasteiger partial charge in [-0.1, -0.05) is 6.92 Å². The van der Waals surface area contributed by atoms with Crippen LogP contribution in [0.1, 0.15) is 26.2 Å². The van der Waals surface area contributed by atoms with Crippen LogP contribution in [0.25, 0.3) is 0 Å². The first-order chi connectivity index (χ1) is 10.4. The van der Waals surface area contributed by atoms with Crippen molar-refractivity contribution in [2.75, 3.05) is 37.8 Å². The largest absolute Gasteiger partial charge is 0.381 e. The average Bonchev–Trinajstić information content (AvgIpc) is 2.52. The third kappa shape index (κ3) is 4.42. The number of sulfone groups is 1. The predicted molar refractivity (Wildman–Crippen MR) is 81.4 cm³/mol. The zero-order chi connectivity index (χ0) is 16.2. The standard InChI is InChI=1S/C14H24N2O5S/c1-2-12(17)13(11-3-7-21-8-4-11)15-14(18)16-5-9-22(19,20)10-6-16/h11,13H,2-10H2,1H3,(H,15,18)/t13-/m0/s1. The number of hydrogen-bond donors (Lipinski definition) is 1. The number of nitrogens with zero attached hydrogens (tertiary/aromatic N) is 1. The number of ether oxygens (including phenoxy) is 1. The van der Waals surface area contributed by atoms with Crippen molar-refractivity contribution < 1.29 is 22.7 Å². The molecule has 2 heterocycles. The van der Waals surface area contributed by atoms with E-state index in [2.05, 4.69) is 5.32 Å². The van der Waals surface area contributed by atoms with E-state index in [1.807, 2.05) is 0 Å². The van der Waals surface area contributed by atoms with Gasteiger partial charge in [0.15, 0.2) is 15.6 Å². The normalized spacial score (nSPS) is 23.8. The van der Waals surface area contributed by atoms with E-state index < -0.39 is 15.9 Å². The fourth-order valence-electron chi connectivity index (χ4n) is 2.87. The maximum absolute atomic E-state index is 12.3. The number of carbonyl (C=O) groups excluding carboxylic acids is 2. The van der Waals surface area contributed by atoms with Gasteiger partial charge in [0.2, 0.25) is 0 Å². The van der Waals surface area contributed by atoms with Gasteiger partial charge in [0.1, 0.15) is 0 Å². The summed E-state index contributed by atoms with van der Waals surface area (Å²) in [5.41, 5.74) is 0. The van der Waals surface area contributed by atoms with Gasteiger partial charge in [-0.2, -0.15) is 0 Å². The molecule has 8 heteroatoms. The Hall–Kier alpha value is -1.15. The molecular formula is C14H24N2O5S. The molecule has 0 radical (unpaired) electrons. The minimum atomic E-state index is -3.02. The summed E-state index contributed by atoms with van der Waals surface area (Å²) < 4.78 is 28.1. The van der Waals surface area contributed by atoms with Crippen LogP contribution < -0.4 is 5.32 Å². The Kier molecular flexibility index (Phi) is 5.80. The van der Waals surface area contributed by atoms with E-state index in [1.54, 1.807) is 6.92 Å². The summed E-state index contributed by atoms with van der Waals surface area (Å²) in [6, 6.07) is -0.840. The molecule has 2 saturated heterocycles. The zero-order valence-electron chi connectivity index (χ0n) is 12.9. The second kappa shape index (κ2) is 7.41. The minimum absolute atomic E-state index is 0.00984. The number of carbonyl (C=O) groups is 2. The first-order valence-electron chi connectivity index (χ1n) is 7.79. The number of Topliss-reactive ketones (excluding diaryl/α,β-unsaturated/α-hetero) is 1. The van der Waals surface area contributed by atoms with Gasteiger partial charge in [0, 0.05) is 32.7 Å². The van der Waals surface area contributed by atoms with Crippen molar-refractivity contribution in [1.82, 2.24) is 10.2 Å². The molecule has 126 valence electrons. The molecule has 22 heavy (non-hydrogen) atoms. The summed E-state index contributed by atoms with van der Waals surface area (Å²) in [7, 11) is -3.02. The van der Waals surface area contributed by atoms with Gasteiger partial charge in [-0.25, -0.2) is 13.2 Å². The van der Waals surface area contributed by atoms with Gasteiger partial charge in [0.25, 0.3) is 0 Å². The number of rotatable bonds is 4. The van der Waals surface area contributed by atoms with Crippen LogP contribution in [0.15, 0.2) is 0 Å². The van der Waals surface area contributed by atoms with Crippen molar-refractivity contribution >= 4 is 21.7 Å². The predicted octanol–water partition coefficient (Wildman–Crippen LogP) is 0.201. The molecule has 2 aliphatic heterocycles. The molecule has 7 nitrogen and oxygen atoms in total. The summed E-state index contributed by atoms with van der Waals surface area (Å²) in [5, 5.41) is 2.82. The number of ketones is 1. The molecule has 0 unspecified atom stereocenters. The summed E-state index contributed by atoms with van der Waals surface area (Å²) in [6.07, 6.45) is 1.88. The van der Waals surface area contributed by atoms with E-state index >= 15 is 0 Å². The van der Waals surface area contributed by atoms with Crippen molar-refractivity contribution in [1.29, 1.82) is 0 Å². The van der Waals surface area contributed by atoms with Crippen molar-refractivity contribution in [2.24, 2.45) is 5.92 Å². The number of amides is 2. The molecule has 0 aromatic rings. The van der Waals surface area contributed by atoms with Crippen molar-refractivity contribution in [3.63, 3.8) is 0 Å². The van der Waals surface area contributed by atoms with Crippen molar-refractivity contribution in [2.45, 2.75) is 32.2 Å². The van der Waals surface area contributed by atoms with Gasteiger partial charge in [-0.05, 0) is 18.8 Å². The fourth-order valence-corrected chi connectivity index (χ4v) is 4.07. The van der Waals surface area contributed by atoms with Gasteiger partial charge in [-0.15, -0.1) is 0 Å². The van der Waals surface area contributed by atoms with Gasteiger partial charge >= 0.3 is 6.03 Å². The Morgan fingerprint density at radius 1 is 1.23 bits per heavy atom. The van der Waals surface area contributed by atoms with Crippen LogP contribution in [0.4, 0.5) is 4.79 Å². The molecule has 0 aliphatic carbocycles. The lowest BCUT2D eigenvalue weighted by Crippen LogP contribution is -2.54. The topological polar surface area (TPSA) is 92.8 Å². The van der Waals surface area contributed by atoms with Gasteiger partial charge < -0.3 is 15.0 Å². The van der Waals surface area contributed by atoms with Crippen LogP contribution in [-0.4, -0.2) is 69.0 Å². The van der Waals surface area contributed by atoms with E-state index in [4.69, 9.17) is 4.74 Å². The Labute approximate surface area is 131 Å². The van der Waals surface area contributed by atoms with Crippen LogP contribution in [-0.2, 0) is 19.4 Å². The van der Waals surface area contributed by atoms with E-state index in [0.717, 1.165) is 12.8 Å². The first kappa shape index (κ1) is 17.2. The molecule has 0 aromatic heterocycles. The third-order valence-electron chi connectivity index (χ3n) is 4.34. The first-order valence-corrected chi connectivity index (χ1v) is 9.61. The SMILES string of the molecule is CCC(=O)[C@@H](NC(=O)N1CCS(=O)(=O)CC1)C1CCOCC1. The molecule has 0 spiro atoms. The van der Waals surface area contributed by atoms with Crippen molar-refractivity contribution in [3.8, 4) is 0 Å². The van der Waals surface area contributed by atoms with E-state index in [9.17, 15) is 18.0 Å². The van der Waals surface area contributed by atoms with Gasteiger partial charge in [-0.3, -0.25) is 4.79 Å². The number of hydrogen-bond acceptors (Lipinski definition) is 5. The molecule has 0 saturated carbocycles. The van der Waals surface area contributed by atoms with Gasteiger partial charge in [0.05, 0.1) is 17.5 Å². The Morgan fingerprint density at radius 3 is 2.36 bits per heavy atom. The van der Waals surface area contributed by atoms with E-state index in [-0.39, 0.29) is 42.3 Å². The monoisotopic (exact) mass is 332 g/mol. The van der Waals surface area contributed by atoms with E-state index in [0.29, 0.717) is 19.6 Å². The summed E-state index contributed by atoms with van der Waals surface area (Å²) in [5.74, 6) is 0.0947. The number of nitrogens with one attached hydrogen (secondary N) is 1. The molecule has 2 amide bonds. The Bertz CT molecular complexity index is 499. The van der Waals surface area contributed by atoms with Crippen LogP contribution in [0.3, 0.4) is 0 Å². The van der Waals surface area contributed by atoms with Crippen LogP contribution in [0, 0.1) is 5.92 Å². The van der Waals surface area contributed by atoms with Crippen LogP contribution >= 0.6 is 0 Å². The lowest BCUT2D eigenvalue weighted by Gasteiger charge is -2.33. The summed E-state index contributed by atoms with van der Waals surface area (Å²) in [6.45, 7) is 3.38. The molecule has 2 fully saturated rings. The smallest absolute Gasteiger partial charge is 0.318 e. The second-order valence-corrected chi connectivity index (χ2v) is 8.14. The Morgan fingerprint density at radius 2 is 1.82 bits per heavy atom. The Balaban J connectivity index is 1.97. The lowest BCUT2D eigenvalue weighted by atomic mass is 9.88. The molecule has 0 bridgehead atoms. The highest BCUT2D eigenvalue weighted by Gasteiger charge is 2.32. The number of urea groups is 1. The minimum Gasteiger partial charge on any atom is -0.381 e. The zero-order valence-corrected chi connectivity index (χ0v) is 13.7. The van der Waals surface area contributed by atoms with E-state index in [1.165, 1.54) is 4.90 Å². The highest BCUT2D eigenvalue weighted by molar-refractivity contribution is 7.91. The lowest BCUT2D eigenvalue weighted by molar-refractivity contribution is -0.122. The highest BCUT2D eigenvalue weighted by Crippen LogP contribution is 2.20. The fraction of sp³-hybridized carbons (Fsp3) is 0.857. The maximum Gasteiger partial charge on any atom is 0.318 e. The quantitative estimate of drug-likeness (QED) is 0.794. The highest BCUT2D eigenvalue weighted by atomic mass is 32.2. The summed E-state index contributed by atoms with van der Waals surface area (Å²) in [4.78, 5) is 26.0. The second-order valence-electron chi connectivity index (χ2n) is 5.84. The third-order valence-corrected chi connectivity index (χ3v) is 5.95. The van der Waals surface area contributed by atoms with Crippen molar-refractivity contribution in [3.05, 3.63) is 0 Å². The maximum atomic E-state index is 12.3. The average molecular weight is 332 g/mol. The van der Waals surface area contributed by atoms with Crippen LogP contribution in [0.2, 0.25) is 0 Å². The molecule has 1 atom stereocenters. The molecular weight excluding hydrogens is 308 g/mol. The molecule has 2 rings (SSSR count).